The molecule has 0 saturated heterocycles. The number of fused-ring (bicyclic) bond motifs is 4. The maximum atomic E-state index is 2.42. The zero-order valence-electron chi connectivity index (χ0n) is 33.0. The van der Waals surface area contributed by atoms with Gasteiger partial charge in [0.15, 0.2) is 0 Å². The molecule has 0 unspecified atom stereocenters. The van der Waals surface area contributed by atoms with E-state index in [2.05, 4.69) is 252 Å². The zero-order chi connectivity index (χ0) is 39.8. The molecule has 0 radical (unpaired) electrons. The summed E-state index contributed by atoms with van der Waals surface area (Å²) in [4.78, 5) is 2.42. The van der Waals surface area contributed by atoms with Gasteiger partial charge in [0.25, 0.3) is 0 Å². The summed E-state index contributed by atoms with van der Waals surface area (Å²) in [5.74, 6) is 0. The monoisotopic (exact) mass is 764 g/mol. The molecule has 0 spiro atoms. The van der Waals surface area contributed by atoms with Crippen molar-refractivity contribution in [1.82, 2.24) is 4.57 Å². The lowest BCUT2D eigenvalue weighted by atomic mass is 9.91. The second-order valence-electron chi connectivity index (χ2n) is 15.3. The van der Waals surface area contributed by atoms with Gasteiger partial charge in [-0.15, -0.1) is 0 Å². The van der Waals surface area contributed by atoms with Crippen molar-refractivity contribution in [2.45, 2.75) is 0 Å². The Bertz CT molecular complexity index is 3310. The van der Waals surface area contributed by atoms with Crippen LogP contribution in [0.2, 0.25) is 0 Å². The fraction of sp³-hybridized carbons (Fsp3) is 0. The van der Waals surface area contributed by atoms with E-state index in [1.807, 2.05) is 0 Å². The lowest BCUT2D eigenvalue weighted by Gasteiger charge is -2.28. The third-order valence-electron chi connectivity index (χ3n) is 11.8. The van der Waals surface area contributed by atoms with E-state index in [-0.39, 0.29) is 0 Å². The molecule has 0 bridgehead atoms. The van der Waals surface area contributed by atoms with Gasteiger partial charge in [-0.05, 0) is 110 Å². The quantitative estimate of drug-likeness (QED) is 0.150. The highest BCUT2D eigenvalue weighted by molar-refractivity contribution is 6.16. The Morgan fingerprint density at radius 3 is 1.70 bits per heavy atom. The lowest BCUT2D eigenvalue weighted by Crippen LogP contribution is -2.11. The topological polar surface area (TPSA) is 8.17 Å². The van der Waals surface area contributed by atoms with Crippen LogP contribution in [0.4, 0.5) is 17.1 Å². The van der Waals surface area contributed by atoms with Crippen molar-refractivity contribution in [2.75, 3.05) is 4.90 Å². The highest BCUT2D eigenvalue weighted by atomic mass is 15.1. The summed E-state index contributed by atoms with van der Waals surface area (Å²) in [5, 5.41) is 4.96. The van der Waals surface area contributed by atoms with Crippen LogP contribution in [-0.4, -0.2) is 4.57 Å². The largest absolute Gasteiger partial charge is 0.310 e. The normalized spacial score (nSPS) is 11.3. The predicted octanol–water partition coefficient (Wildman–Crippen LogP) is 16.1. The second-order valence-corrected chi connectivity index (χ2v) is 15.3. The molecule has 0 atom stereocenters. The number of rotatable bonds is 8. The second kappa shape index (κ2) is 15.1. The summed E-state index contributed by atoms with van der Waals surface area (Å²) in [6.07, 6.45) is 0. The Hall–Kier alpha value is -7.94. The Morgan fingerprint density at radius 2 is 0.867 bits per heavy atom. The van der Waals surface area contributed by atoms with Gasteiger partial charge in [-0.25, -0.2) is 0 Å². The number of anilines is 3. The van der Waals surface area contributed by atoms with Crippen LogP contribution in [0.3, 0.4) is 0 Å². The molecule has 0 fully saturated rings. The first kappa shape index (κ1) is 35.2. The van der Waals surface area contributed by atoms with Crippen molar-refractivity contribution in [3.05, 3.63) is 243 Å². The van der Waals surface area contributed by atoms with Crippen LogP contribution in [0.25, 0.3) is 82.8 Å². The molecule has 2 heteroatoms. The van der Waals surface area contributed by atoms with Crippen molar-refractivity contribution in [1.29, 1.82) is 0 Å². The summed E-state index contributed by atoms with van der Waals surface area (Å²) in [7, 11) is 0. The molecular weight excluding hydrogens is 725 g/mol. The van der Waals surface area contributed by atoms with E-state index >= 15 is 0 Å². The first-order valence-electron chi connectivity index (χ1n) is 20.6. The van der Waals surface area contributed by atoms with E-state index in [0.717, 1.165) is 28.3 Å². The number of aromatic nitrogens is 1. The van der Waals surface area contributed by atoms with Crippen molar-refractivity contribution in [2.24, 2.45) is 0 Å². The van der Waals surface area contributed by atoms with E-state index in [0.29, 0.717) is 0 Å². The minimum atomic E-state index is 1.09. The van der Waals surface area contributed by atoms with Gasteiger partial charge in [-0.1, -0.05) is 182 Å². The van der Waals surface area contributed by atoms with Crippen molar-refractivity contribution in [3.8, 4) is 50.2 Å². The highest BCUT2D eigenvalue weighted by Gasteiger charge is 2.21. The van der Waals surface area contributed by atoms with Gasteiger partial charge in [-0.3, -0.25) is 0 Å². The number of hydrogen-bond acceptors (Lipinski definition) is 1. The smallest absolute Gasteiger partial charge is 0.0547 e. The Kier molecular flexibility index (Phi) is 8.87. The molecule has 0 aliphatic carbocycles. The molecular formula is C58H40N2. The minimum Gasteiger partial charge on any atom is -0.310 e. The van der Waals surface area contributed by atoms with E-state index in [4.69, 9.17) is 0 Å². The van der Waals surface area contributed by atoms with E-state index in [1.54, 1.807) is 0 Å². The fourth-order valence-electron chi connectivity index (χ4n) is 9.01. The third-order valence-corrected chi connectivity index (χ3v) is 11.8. The molecule has 2 nitrogen and oxygen atoms in total. The van der Waals surface area contributed by atoms with Crippen LogP contribution in [-0.2, 0) is 0 Å². The number of hydrogen-bond donors (Lipinski definition) is 0. The first-order valence-corrected chi connectivity index (χ1v) is 20.6. The summed E-state index contributed by atoms with van der Waals surface area (Å²) in [5.41, 5.74) is 16.3. The molecule has 60 heavy (non-hydrogen) atoms. The Labute approximate surface area is 350 Å². The van der Waals surface area contributed by atoms with Crippen LogP contribution in [0, 0.1) is 0 Å². The Balaban J connectivity index is 1.09. The van der Waals surface area contributed by atoms with Crippen LogP contribution in [0.1, 0.15) is 0 Å². The summed E-state index contributed by atoms with van der Waals surface area (Å²) >= 11 is 0. The average Bonchev–Trinajstić information content (AvgIpc) is 3.67. The van der Waals surface area contributed by atoms with E-state index in [1.165, 1.54) is 71.5 Å². The first-order chi connectivity index (χ1) is 29.8. The predicted molar refractivity (Wildman–Crippen MR) is 255 cm³/mol. The van der Waals surface area contributed by atoms with Crippen LogP contribution in [0.5, 0.6) is 0 Å². The standard InChI is InChI=1S/C58H40N2/c1-3-17-41(18-4-1)43-35-37-48(38-36-43)59(55-30-13-11-26-51(55)46-34-33-42-19-7-8-20-44(42)39-46)49-24-15-21-45(40-49)50-25-9-10-27-52(50)53-29-16-32-57-58(53)54-28-12-14-31-56(54)60(57)47-22-5-2-6-23-47/h1-40H. The number of nitrogens with zero attached hydrogens (tertiary/aromatic N) is 2. The van der Waals surface area contributed by atoms with Gasteiger partial charge < -0.3 is 9.47 Å². The zero-order valence-corrected chi connectivity index (χ0v) is 33.0. The molecule has 0 N–H and O–H groups in total. The Morgan fingerprint density at radius 1 is 0.300 bits per heavy atom. The molecule has 282 valence electrons. The molecule has 11 aromatic rings. The van der Waals surface area contributed by atoms with Gasteiger partial charge in [-0.2, -0.15) is 0 Å². The summed E-state index contributed by atoms with van der Waals surface area (Å²) < 4.78 is 2.39. The summed E-state index contributed by atoms with van der Waals surface area (Å²) in [6.45, 7) is 0. The molecule has 0 amide bonds. The van der Waals surface area contributed by atoms with Crippen LogP contribution >= 0.6 is 0 Å². The SMILES string of the molecule is c1ccc(-c2ccc(N(c3cccc(-c4ccccc4-c4cccc5c4c4ccccc4n5-c4ccccc4)c3)c3ccccc3-c3ccc4ccccc4c3)cc2)cc1. The molecule has 11 rings (SSSR count). The molecule has 0 aliphatic rings. The maximum absolute atomic E-state index is 2.42. The van der Waals surface area contributed by atoms with Gasteiger partial charge in [0.2, 0.25) is 0 Å². The molecule has 0 aliphatic heterocycles. The fourth-order valence-corrected chi connectivity index (χ4v) is 9.01. The van der Waals surface area contributed by atoms with Crippen molar-refractivity contribution in [3.63, 3.8) is 0 Å². The lowest BCUT2D eigenvalue weighted by molar-refractivity contribution is 1.18. The van der Waals surface area contributed by atoms with Crippen molar-refractivity contribution < 1.29 is 0 Å². The summed E-state index contributed by atoms with van der Waals surface area (Å²) in [6, 6.07) is 87.9. The van der Waals surface area contributed by atoms with Gasteiger partial charge >= 0.3 is 0 Å². The highest BCUT2D eigenvalue weighted by Crippen LogP contribution is 2.45. The minimum absolute atomic E-state index is 1.09. The van der Waals surface area contributed by atoms with Gasteiger partial charge in [0.05, 0.1) is 16.7 Å². The van der Waals surface area contributed by atoms with E-state index in [9.17, 15) is 0 Å². The number of benzene rings is 10. The molecule has 0 saturated carbocycles. The van der Waals surface area contributed by atoms with Crippen LogP contribution in [0.15, 0.2) is 243 Å². The third kappa shape index (κ3) is 6.23. The number of para-hydroxylation sites is 3. The maximum Gasteiger partial charge on any atom is 0.0547 e. The van der Waals surface area contributed by atoms with Gasteiger partial charge in [0.1, 0.15) is 0 Å². The van der Waals surface area contributed by atoms with E-state index < -0.39 is 0 Å². The van der Waals surface area contributed by atoms with Crippen LogP contribution < -0.4 is 4.90 Å². The molecule has 1 heterocycles. The average molecular weight is 765 g/mol. The molecule has 1 aromatic heterocycles. The van der Waals surface area contributed by atoms with Gasteiger partial charge in [0, 0.05) is 33.4 Å². The van der Waals surface area contributed by atoms with Crippen molar-refractivity contribution >= 4 is 49.6 Å². The molecule has 10 aromatic carbocycles.